The van der Waals surface area contributed by atoms with E-state index in [0.29, 0.717) is 30.8 Å². The van der Waals surface area contributed by atoms with E-state index in [1.807, 2.05) is 0 Å². The second-order valence-electron chi connectivity index (χ2n) is 6.94. The van der Waals surface area contributed by atoms with Gasteiger partial charge in [0.05, 0.1) is 11.9 Å². The number of carbonyl (C=O) groups is 1. The third-order valence-electron chi connectivity index (χ3n) is 3.60. The zero-order chi connectivity index (χ0) is 18.1. The van der Waals surface area contributed by atoms with Gasteiger partial charge in [0, 0.05) is 19.1 Å². The SMILES string of the molecule is Cc1cc(C(F)(F)F)ncc1NC1CCN(C(=O)OC(C)(C)C)C1. The first-order valence-corrected chi connectivity index (χ1v) is 7.74. The van der Waals surface area contributed by atoms with Crippen LogP contribution in [0.1, 0.15) is 38.4 Å². The van der Waals surface area contributed by atoms with E-state index in [1.54, 1.807) is 32.6 Å². The van der Waals surface area contributed by atoms with Crippen LogP contribution in [0.3, 0.4) is 0 Å². The van der Waals surface area contributed by atoms with Crippen LogP contribution >= 0.6 is 0 Å². The Kier molecular flexibility index (Phi) is 4.96. The molecule has 1 fully saturated rings. The normalized spacial score (nSPS) is 18.6. The fraction of sp³-hybridized carbons (Fsp3) is 0.625. The largest absolute Gasteiger partial charge is 0.444 e. The average Bonchev–Trinajstić information content (AvgIpc) is 2.86. The summed E-state index contributed by atoms with van der Waals surface area (Å²) in [6.45, 7) is 7.98. The molecular formula is C16H22F3N3O2. The molecule has 1 aliphatic heterocycles. The van der Waals surface area contributed by atoms with Gasteiger partial charge in [-0.15, -0.1) is 0 Å². The van der Waals surface area contributed by atoms with E-state index in [2.05, 4.69) is 10.3 Å². The van der Waals surface area contributed by atoms with Crippen molar-refractivity contribution in [3.63, 3.8) is 0 Å². The quantitative estimate of drug-likeness (QED) is 0.885. The molecule has 0 aromatic carbocycles. The Morgan fingerprint density at radius 1 is 1.38 bits per heavy atom. The summed E-state index contributed by atoms with van der Waals surface area (Å²) in [6, 6.07) is 0.970. The van der Waals surface area contributed by atoms with Crippen molar-refractivity contribution in [2.75, 3.05) is 18.4 Å². The molecule has 1 unspecified atom stereocenters. The fourth-order valence-corrected chi connectivity index (χ4v) is 2.45. The molecule has 2 heterocycles. The molecular weight excluding hydrogens is 323 g/mol. The third kappa shape index (κ3) is 4.75. The van der Waals surface area contributed by atoms with Gasteiger partial charge in [0.1, 0.15) is 11.3 Å². The number of pyridine rings is 1. The summed E-state index contributed by atoms with van der Waals surface area (Å²) < 4.78 is 43.2. The van der Waals surface area contributed by atoms with Crippen molar-refractivity contribution < 1.29 is 22.7 Å². The maximum atomic E-state index is 12.6. The first-order chi connectivity index (χ1) is 11.0. The summed E-state index contributed by atoms with van der Waals surface area (Å²) >= 11 is 0. The summed E-state index contributed by atoms with van der Waals surface area (Å²) in [5.41, 5.74) is -0.462. The highest BCUT2D eigenvalue weighted by Gasteiger charge is 2.33. The number of nitrogens with zero attached hydrogens (tertiary/aromatic N) is 2. The highest BCUT2D eigenvalue weighted by molar-refractivity contribution is 5.68. The van der Waals surface area contributed by atoms with Gasteiger partial charge >= 0.3 is 12.3 Å². The lowest BCUT2D eigenvalue weighted by Gasteiger charge is -2.24. The van der Waals surface area contributed by atoms with E-state index in [-0.39, 0.29) is 12.1 Å². The highest BCUT2D eigenvalue weighted by atomic mass is 19.4. The number of alkyl halides is 3. The summed E-state index contributed by atoms with van der Waals surface area (Å²) in [4.78, 5) is 17.1. The molecule has 134 valence electrons. The lowest BCUT2D eigenvalue weighted by Crippen LogP contribution is -2.36. The van der Waals surface area contributed by atoms with Crippen LogP contribution in [-0.4, -0.2) is 40.7 Å². The number of amides is 1. The second-order valence-corrected chi connectivity index (χ2v) is 6.94. The Morgan fingerprint density at radius 2 is 2.04 bits per heavy atom. The van der Waals surface area contributed by atoms with Crippen molar-refractivity contribution in [2.24, 2.45) is 0 Å². The Labute approximate surface area is 139 Å². The van der Waals surface area contributed by atoms with Gasteiger partial charge in [-0.3, -0.25) is 0 Å². The van der Waals surface area contributed by atoms with E-state index >= 15 is 0 Å². The number of aryl methyl sites for hydroxylation is 1. The van der Waals surface area contributed by atoms with Crippen molar-refractivity contribution >= 4 is 11.8 Å². The minimum Gasteiger partial charge on any atom is -0.444 e. The maximum absolute atomic E-state index is 12.6. The standard InChI is InChI=1S/C16H22F3N3O2/c1-10-7-13(16(17,18)19)20-8-12(10)21-11-5-6-22(9-11)14(23)24-15(2,3)4/h7-8,11,21H,5-6,9H2,1-4H3. The number of anilines is 1. The van der Waals surface area contributed by atoms with E-state index in [9.17, 15) is 18.0 Å². The highest BCUT2D eigenvalue weighted by Crippen LogP contribution is 2.30. The van der Waals surface area contributed by atoms with Crippen LogP contribution in [0.25, 0.3) is 0 Å². The second kappa shape index (κ2) is 6.49. The first-order valence-electron chi connectivity index (χ1n) is 7.74. The number of likely N-dealkylation sites (tertiary alicyclic amines) is 1. The number of halogens is 3. The molecule has 0 spiro atoms. The summed E-state index contributed by atoms with van der Waals surface area (Å²) in [5.74, 6) is 0. The third-order valence-corrected chi connectivity index (χ3v) is 3.60. The molecule has 5 nitrogen and oxygen atoms in total. The van der Waals surface area contributed by atoms with Gasteiger partial charge in [-0.1, -0.05) is 0 Å². The van der Waals surface area contributed by atoms with Crippen LogP contribution in [0.15, 0.2) is 12.3 Å². The number of hydrogen-bond donors (Lipinski definition) is 1. The molecule has 0 saturated carbocycles. The smallest absolute Gasteiger partial charge is 0.433 e. The van der Waals surface area contributed by atoms with Gasteiger partial charge in [-0.25, -0.2) is 9.78 Å². The minimum absolute atomic E-state index is 0.0465. The van der Waals surface area contributed by atoms with Gasteiger partial charge < -0.3 is 15.0 Å². The molecule has 2 rings (SSSR count). The average molecular weight is 345 g/mol. The number of aromatic nitrogens is 1. The summed E-state index contributed by atoms with van der Waals surface area (Å²) in [6.07, 6.45) is -2.95. The predicted octanol–water partition coefficient (Wildman–Crippen LogP) is 3.83. The van der Waals surface area contributed by atoms with Crippen LogP contribution in [0.5, 0.6) is 0 Å². The number of hydrogen-bond acceptors (Lipinski definition) is 4. The van der Waals surface area contributed by atoms with Gasteiger partial charge in [0.25, 0.3) is 0 Å². The molecule has 1 saturated heterocycles. The lowest BCUT2D eigenvalue weighted by molar-refractivity contribution is -0.141. The van der Waals surface area contributed by atoms with Crippen LogP contribution in [0, 0.1) is 6.92 Å². The van der Waals surface area contributed by atoms with E-state index in [1.165, 1.54) is 6.20 Å². The molecule has 1 amide bonds. The van der Waals surface area contributed by atoms with Crippen molar-refractivity contribution in [2.45, 2.75) is 51.9 Å². The molecule has 0 aliphatic carbocycles. The zero-order valence-electron chi connectivity index (χ0n) is 14.2. The predicted molar refractivity (Wildman–Crippen MR) is 83.8 cm³/mol. The van der Waals surface area contributed by atoms with Gasteiger partial charge in [-0.05, 0) is 45.7 Å². The van der Waals surface area contributed by atoms with Crippen molar-refractivity contribution in [1.29, 1.82) is 0 Å². The van der Waals surface area contributed by atoms with Crippen LogP contribution in [0.2, 0.25) is 0 Å². The van der Waals surface area contributed by atoms with E-state index in [0.717, 1.165) is 6.07 Å². The molecule has 0 bridgehead atoms. The molecule has 24 heavy (non-hydrogen) atoms. The van der Waals surface area contributed by atoms with Crippen molar-refractivity contribution in [3.8, 4) is 0 Å². The summed E-state index contributed by atoms with van der Waals surface area (Å²) in [5, 5.41) is 3.16. The van der Waals surface area contributed by atoms with Crippen LogP contribution in [-0.2, 0) is 10.9 Å². The molecule has 1 aliphatic rings. The molecule has 1 N–H and O–H groups in total. The first kappa shape index (κ1) is 18.4. The van der Waals surface area contributed by atoms with Gasteiger partial charge in [0.15, 0.2) is 0 Å². The lowest BCUT2D eigenvalue weighted by atomic mass is 10.2. The topological polar surface area (TPSA) is 54.5 Å². The van der Waals surface area contributed by atoms with Crippen LogP contribution in [0.4, 0.5) is 23.7 Å². The van der Waals surface area contributed by atoms with Gasteiger partial charge in [-0.2, -0.15) is 13.2 Å². The number of carbonyl (C=O) groups excluding carboxylic acids is 1. The Morgan fingerprint density at radius 3 is 2.58 bits per heavy atom. The molecule has 1 atom stereocenters. The minimum atomic E-state index is -4.45. The Bertz CT molecular complexity index is 612. The summed E-state index contributed by atoms with van der Waals surface area (Å²) in [7, 11) is 0. The van der Waals surface area contributed by atoms with Gasteiger partial charge in [0.2, 0.25) is 0 Å². The molecule has 8 heteroatoms. The molecule has 1 aromatic rings. The van der Waals surface area contributed by atoms with Crippen LogP contribution < -0.4 is 5.32 Å². The zero-order valence-corrected chi connectivity index (χ0v) is 14.2. The van der Waals surface area contributed by atoms with E-state index in [4.69, 9.17) is 4.74 Å². The monoisotopic (exact) mass is 345 g/mol. The molecule has 0 radical (unpaired) electrons. The van der Waals surface area contributed by atoms with Crippen molar-refractivity contribution in [1.82, 2.24) is 9.88 Å². The number of rotatable bonds is 2. The maximum Gasteiger partial charge on any atom is 0.433 e. The number of nitrogens with one attached hydrogen (secondary N) is 1. The van der Waals surface area contributed by atoms with Crippen molar-refractivity contribution in [3.05, 3.63) is 23.5 Å². The Hall–Kier alpha value is -1.99. The molecule has 1 aromatic heterocycles. The fourth-order valence-electron chi connectivity index (χ4n) is 2.45. The number of ether oxygens (including phenoxy) is 1. The van der Waals surface area contributed by atoms with E-state index < -0.39 is 17.5 Å². The Balaban J connectivity index is 1.97.